The van der Waals surface area contributed by atoms with Gasteiger partial charge in [-0.1, -0.05) is 0 Å². The van der Waals surface area contributed by atoms with Crippen LogP contribution in [0.15, 0.2) is 22.4 Å². The number of aliphatic hydroxyl groups is 1. The van der Waals surface area contributed by atoms with Crippen LogP contribution in [-0.2, 0) is 6.54 Å². The van der Waals surface area contributed by atoms with E-state index < -0.39 is 0 Å². The molecule has 1 aliphatic rings. The molecule has 1 aliphatic heterocycles. The first-order chi connectivity index (χ1) is 8.22. The molecule has 0 aliphatic carbocycles. The molecule has 5 nitrogen and oxygen atoms in total. The SMILES string of the molecule is O=c1cc(CN2CCC(O)C2)nc2sccn12. The summed E-state index contributed by atoms with van der Waals surface area (Å²) in [5.74, 6) is 0. The second-order valence-electron chi connectivity index (χ2n) is 4.32. The zero-order valence-electron chi connectivity index (χ0n) is 9.24. The van der Waals surface area contributed by atoms with Crippen LogP contribution in [0.4, 0.5) is 0 Å². The summed E-state index contributed by atoms with van der Waals surface area (Å²) in [5, 5.41) is 11.3. The smallest absolute Gasteiger partial charge is 0.258 e. The third kappa shape index (κ3) is 2.11. The molecule has 1 atom stereocenters. The standard InChI is InChI=1S/C11H13N3O2S/c15-9-1-2-13(7-9)6-8-5-10(16)14-3-4-17-11(14)12-8/h3-5,9,15H,1-2,6-7H2. The third-order valence-electron chi connectivity index (χ3n) is 2.99. The Kier molecular flexibility index (Phi) is 2.70. The molecule has 0 saturated carbocycles. The van der Waals surface area contributed by atoms with Gasteiger partial charge in [0.05, 0.1) is 11.8 Å². The molecule has 0 aromatic carbocycles. The van der Waals surface area contributed by atoms with Crippen molar-refractivity contribution < 1.29 is 5.11 Å². The Hall–Kier alpha value is -1.24. The predicted octanol–water partition coefficient (Wildman–Crippen LogP) is 0.323. The van der Waals surface area contributed by atoms with Crippen molar-refractivity contribution in [1.29, 1.82) is 0 Å². The molecule has 0 radical (unpaired) electrons. The zero-order valence-corrected chi connectivity index (χ0v) is 10.1. The Morgan fingerprint density at radius 1 is 1.59 bits per heavy atom. The summed E-state index contributed by atoms with van der Waals surface area (Å²) in [6.45, 7) is 2.18. The molecule has 0 bridgehead atoms. The lowest BCUT2D eigenvalue weighted by Crippen LogP contribution is -2.23. The molecular weight excluding hydrogens is 238 g/mol. The quantitative estimate of drug-likeness (QED) is 0.835. The van der Waals surface area contributed by atoms with Crippen molar-refractivity contribution in [3.05, 3.63) is 33.7 Å². The molecule has 1 N–H and O–H groups in total. The van der Waals surface area contributed by atoms with Crippen molar-refractivity contribution in [3.63, 3.8) is 0 Å². The van der Waals surface area contributed by atoms with Crippen LogP contribution in [0.2, 0.25) is 0 Å². The van der Waals surface area contributed by atoms with E-state index in [1.807, 2.05) is 5.38 Å². The van der Waals surface area contributed by atoms with Gasteiger partial charge in [0, 0.05) is 37.3 Å². The van der Waals surface area contributed by atoms with Crippen LogP contribution in [0.5, 0.6) is 0 Å². The first-order valence-corrected chi connectivity index (χ1v) is 6.46. The van der Waals surface area contributed by atoms with E-state index in [-0.39, 0.29) is 11.7 Å². The number of rotatable bonds is 2. The Morgan fingerprint density at radius 3 is 3.24 bits per heavy atom. The van der Waals surface area contributed by atoms with Crippen LogP contribution in [0.3, 0.4) is 0 Å². The first-order valence-electron chi connectivity index (χ1n) is 5.58. The van der Waals surface area contributed by atoms with E-state index in [4.69, 9.17) is 0 Å². The highest BCUT2D eigenvalue weighted by molar-refractivity contribution is 7.15. The molecule has 3 rings (SSSR count). The van der Waals surface area contributed by atoms with Gasteiger partial charge in [-0.2, -0.15) is 0 Å². The highest BCUT2D eigenvalue weighted by atomic mass is 32.1. The minimum absolute atomic E-state index is 0.0361. The normalized spacial score (nSPS) is 21.4. The molecule has 6 heteroatoms. The molecule has 17 heavy (non-hydrogen) atoms. The van der Waals surface area contributed by atoms with Crippen LogP contribution in [0.1, 0.15) is 12.1 Å². The molecule has 2 aromatic rings. The number of hydrogen-bond acceptors (Lipinski definition) is 5. The Balaban J connectivity index is 1.88. The summed E-state index contributed by atoms with van der Waals surface area (Å²) in [4.78, 5) is 19.1. The fourth-order valence-corrected chi connectivity index (χ4v) is 2.89. The van der Waals surface area contributed by atoms with E-state index >= 15 is 0 Å². The molecule has 3 heterocycles. The van der Waals surface area contributed by atoms with Crippen molar-refractivity contribution in [2.75, 3.05) is 13.1 Å². The summed E-state index contributed by atoms with van der Waals surface area (Å²) >= 11 is 1.46. The number of likely N-dealkylation sites (tertiary alicyclic amines) is 1. The van der Waals surface area contributed by atoms with Gasteiger partial charge in [-0.3, -0.25) is 14.1 Å². The number of hydrogen-bond donors (Lipinski definition) is 1. The van der Waals surface area contributed by atoms with Crippen molar-refractivity contribution in [2.45, 2.75) is 19.1 Å². The molecule has 1 fully saturated rings. The topological polar surface area (TPSA) is 57.8 Å². The maximum Gasteiger partial charge on any atom is 0.258 e. The lowest BCUT2D eigenvalue weighted by molar-refractivity contribution is 0.174. The largest absolute Gasteiger partial charge is 0.392 e. The first kappa shape index (κ1) is 10.9. The number of fused-ring (bicyclic) bond motifs is 1. The van der Waals surface area contributed by atoms with Gasteiger partial charge in [-0.15, -0.1) is 11.3 Å². The number of β-amino-alcohol motifs (C(OH)–C–C–N with tert-alkyl or cyclic N) is 1. The molecule has 2 aromatic heterocycles. The molecule has 0 spiro atoms. The second-order valence-corrected chi connectivity index (χ2v) is 5.19. The van der Waals surface area contributed by atoms with E-state index in [0.717, 1.165) is 23.6 Å². The summed E-state index contributed by atoms with van der Waals surface area (Å²) in [5.41, 5.74) is 0.748. The highest BCUT2D eigenvalue weighted by Gasteiger charge is 2.20. The van der Waals surface area contributed by atoms with Crippen molar-refractivity contribution in [3.8, 4) is 0 Å². The van der Waals surface area contributed by atoms with E-state index in [9.17, 15) is 9.90 Å². The summed E-state index contributed by atoms with van der Waals surface area (Å²) < 4.78 is 1.55. The lowest BCUT2D eigenvalue weighted by atomic mass is 10.3. The maximum absolute atomic E-state index is 11.8. The fourth-order valence-electron chi connectivity index (χ4n) is 2.15. The van der Waals surface area contributed by atoms with Crippen LogP contribution in [0, 0.1) is 0 Å². The van der Waals surface area contributed by atoms with Crippen molar-refractivity contribution in [1.82, 2.24) is 14.3 Å². The number of thiazole rings is 1. The number of aliphatic hydroxyl groups excluding tert-OH is 1. The zero-order chi connectivity index (χ0) is 11.8. The minimum atomic E-state index is -0.235. The van der Waals surface area contributed by atoms with Gasteiger partial charge in [0.1, 0.15) is 0 Å². The second kappa shape index (κ2) is 4.21. The van der Waals surface area contributed by atoms with Gasteiger partial charge < -0.3 is 5.11 Å². The molecule has 90 valence electrons. The van der Waals surface area contributed by atoms with Gasteiger partial charge >= 0.3 is 0 Å². The van der Waals surface area contributed by atoms with E-state index in [1.165, 1.54) is 11.3 Å². The third-order valence-corrected chi connectivity index (χ3v) is 3.75. The van der Waals surface area contributed by atoms with E-state index in [1.54, 1.807) is 16.7 Å². The number of nitrogens with zero attached hydrogens (tertiary/aromatic N) is 3. The van der Waals surface area contributed by atoms with Crippen molar-refractivity contribution >= 4 is 16.3 Å². The van der Waals surface area contributed by atoms with Crippen LogP contribution < -0.4 is 5.56 Å². The van der Waals surface area contributed by atoms with E-state index in [0.29, 0.717) is 13.1 Å². The average Bonchev–Trinajstić information content (AvgIpc) is 2.87. The van der Waals surface area contributed by atoms with Gasteiger partial charge in [-0.05, 0) is 6.42 Å². The van der Waals surface area contributed by atoms with Gasteiger partial charge in [0.25, 0.3) is 5.56 Å². The van der Waals surface area contributed by atoms with Gasteiger partial charge in [0.15, 0.2) is 4.96 Å². The summed E-state index contributed by atoms with van der Waals surface area (Å²) in [6.07, 6.45) is 2.31. The predicted molar refractivity (Wildman–Crippen MR) is 65.2 cm³/mol. The maximum atomic E-state index is 11.8. The Bertz CT molecular complexity index is 592. The monoisotopic (exact) mass is 251 g/mol. The molecular formula is C11H13N3O2S. The molecule has 1 unspecified atom stereocenters. The van der Waals surface area contributed by atoms with Gasteiger partial charge in [0.2, 0.25) is 0 Å². The van der Waals surface area contributed by atoms with Crippen LogP contribution >= 0.6 is 11.3 Å². The molecule has 1 saturated heterocycles. The fraction of sp³-hybridized carbons (Fsp3) is 0.455. The van der Waals surface area contributed by atoms with E-state index in [2.05, 4.69) is 9.88 Å². The van der Waals surface area contributed by atoms with Crippen LogP contribution in [-0.4, -0.2) is 38.6 Å². The molecule has 0 amide bonds. The van der Waals surface area contributed by atoms with Gasteiger partial charge in [-0.25, -0.2) is 4.98 Å². The Morgan fingerprint density at radius 2 is 2.47 bits per heavy atom. The summed E-state index contributed by atoms with van der Waals surface area (Å²) in [7, 11) is 0. The minimum Gasteiger partial charge on any atom is -0.392 e. The Labute approximate surface area is 102 Å². The summed E-state index contributed by atoms with van der Waals surface area (Å²) in [6, 6.07) is 1.57. The highest BCUT2D eigenvalue weighted by Crippen LogP contribution is 2.13. The number of aromatic nitrogens is 2. The average molecular weight is 251 g/mol. The lowest BCUT2D eigenvalue weighted by Gasteiger charge is -2.13. The van der Waals surface area contributed by atoms with Crippen LogP contribution in [0.25, 0.3) is 4.96 Å². The van der Waals surface area contributed by atoms with Crippen molar-refractivity contribution in [2.24, 2.45) is 0 Å².